The van der Waals surface area contributed by atoms with Crippen molar-refractivity contribution in [3.63, 3.8) is 0 Å². The number of amides is 3. The van der Waals surface area contributed by atoms with Crippen molar-refractivity contribution >= 4 is 17.9 Å². The van der Waals surface area contributed by atoms with Crippen molar-refractivity contribution in [1.29, 1.82) is 0 Å². The van der Waals surface area contributed by atoms with Gasteiger partial charge in [-0.1, -0.05) is 0 Å². The van der Waals surface area contributed by atoms with Crippen molar-refractivity contribution in [3.8, 4) is 0 Å². The van der Waals surface area contributed by atoms with E-state index < -0.39 is 31.0 Å². The zero-order chi connectivity index (χ0) is 13.7. The first-order valence-corrected chi connectivity index (χ1v) is 5.69. The van der Waals surface area contributed by atoms with E-state index in [2.05, 4.69) is 0 Å². The van der Waals surface area contributed by atoms with Crippen molar-refractivity contribution in [2.24, 2.45) is 11.5 Å². The number of carbonyl (C=O) groups is 3. The highest BCUT2D eigenvalue weighted by molar-refractivity contribution is 5.86. The van der Waals surface area contributed by atoms with Gasteiger partial charge in [-0.3, -0.25) is 9.59 Å². The van der Waals surface area contributed by atoms with E-state index in [-0.39, 0.29) is 6.04 Å². The molecule has 1 rings (SSSR count). The second-order valence-electron chi connectivity index (χ2n) is 4.32. The summed E-state index contributed by atoms with van der Waals surface area (Å²) in [6, 6.07) is -0.416. The average Bonchev–Trinajstić information content (AvgIpc) is 2.27. The Morgan fingerprint density at radius 1 is 1.22 bits per heavy atom. The van der Waals surface area contributed by atoms with Crippen LogP contribution in [0.25, 0.3) is 0 Å². The molecule has 1 aliphatic rings. The summed E-state index contributed by atoms with van der Waals surface area (Å²) in [5, 5.41) is 8.70. The highest BCUT2D eigenvalue weighted by Gasteiger charge is 2.27. The van der Waals surface area contributed by atoms with Gasteiger partial charge in [0, 0.05) is 19.1 Å². The Bertz CT molecular complexity index is 323. The van der Waals surface area contributed by atoms with Crippen LogP contribution < -0.4 is 11.5 Å². The molecule has 1 aliphatic heterocycles. The van der Waals surface area contributed by atoms with Crippen LogP contribution in [0.1, 0.15) is 12.8 Å². The predicted octanol–water partition coefficient (Wildman–Crippen LogP) is -1.60. The first-order chi connectivity index (χ1) is 8.40. The van der Waals surface area contributed by atoms with Gasteiger partial charge in [0.25, 0.3) is 0 Å². The van der Waals surface area contributed by atoms with E-state index in [4.69, 9.17) is 16.6 Å². The Morgan fingerprint density at radius 2 is 1.78 bits per heavy atom. The van der Waals surface area contributed by atoms with E-state index in [9.17, 15) is 14.4 Å². The highest BCUT2D eigenvalue weighted by Crippen LogP contribution is 2.10. The predicted molar refractivity (Wildman–Crippen MR) is 62.6 cm³/mol. The van der Waals surface area contributed by atoms with Gasteiger partial charge in [0.05, 0.1) is 0 Å². The largest absolute Gasteiger partial charge is 0.480 e. The maximum Gasteiger partial charge on any atom is 0.323 e. The number of rotatable bonds is 4. The normalized spacial score (nSPS) is 16.4. The number of carboxylic acids is 1. The number of urea groups is 1. The quantitative estimate of drug-likeness (QED) is 0.559. The number of hydrogen-bond donors (Lipinski definition) is 3. The minimum Gasteiger partial charge on any atom is -0.480 e. The number of aliphatic carboxylic acids is 1. The number of primary amides is 1. The van der Waals surface area contributed by atoms with Crippen molar-refractivity contribution in [1.82, 2.24) is 9.80 Å². The Labute approximate surface area is 104 Å². The van der Waals surface area contributed by atoms with Crippen LogP contribution in [-0.2, 0) is 9.59 Å². The van der Waals surface area contributed by atoms with Crippen molar-refractivity contribution in [2.75, 3.05) is 26.2 Å². The number of hydrogen-bond acceptors (Lipinski definition) is 4. The van der Waals surface area contributed by atoms with Crippen LogP contribution >= 0.6 is 0 Å². The lowest BCUT2D eigenvalue weighted by Gasteiger charge is -2.33. The molecule has 0 aromatic rings. The van der Waals surface area contributed by atoms with Crippen molar-refractivity contribution in [2.45, 2.75) is 18.9 Å². The molecule has 0 atom stereocenters. The SMILES string of the molecule is NC(=O)CN(CC(=O)O)C(=O)N1CCC(N)CC1. The van der Waals surface area contributed by atoms with E-state index in [1.807, 2.05) is 0 Å². The Hall–Kier alpha value is -1.83. The zero-order valence-corrected chi connectivity index (χ0v) is 10.0. The number of piperidine rings is 1. The fraction of sp³-hybridized carbons (Fsp3) is 0.700. The van der Waals surface area contributed by atoms with Gasteiger partial charge in [0.1, 0.15) is 13.1 Å². The first-order valence-electron chi connectivity index (χ1n) is 5.69. The summed E-state index contributed by atoms with van der Waals surface area (Å²) in [4.78, 5) is 35.9. The number of carboxylic acid groups (broad SMARTS) is 1. The highest BCUT2D eigenvalue weighted by atomic mass is 16.4. The molecule has 8 nitrogen and oxygen atoms in total. The first kappa shape index (κ1) is 14.2. The Balaban J connectivity index is 2.63. The molecule has 0 bridgehead atoms. The minimum atomic E-state index is -1.18. The summed E-state index contributed by atoms with van der Waals surface area (Å²) in [5.74, 6) is -1.92. The topological polar surface area (TPSA) is 130 Å². The molecule has 18 heavy (non-hydrogen) atoms. The van der Waals surface area contributed by atoms with Crippen LogP contribution in [0.5, 0.6) is 0 Å². The average molecular weight is 258 g/mol. The molecule has 102 valence electrons. The maximum absolute atomic E-state index is 12.0. The van der Waals surface area contributed by atoms with E-state index >= 15 is 0 Å². The Kier molecular flexibility index (Phi) is 4.90. The molecule has 0 aliphatic carbocycles. The molecule has 1 fully saturated rings. The van der Waals surface area contributed by atoms with Gasteiger partial charge < -0.3 is 26.4 Å². The molecule has 0 aromatic heterocycles. The standard InChI is InChI=1S/C10H18N4O4/c11-7-1-3-13(4-2-7)10(18)14(5-8(12)15)6-9(16)17/h7H,1-6,11H2,(H2,12,15)(H,16,17). The third-order valence-corrected chi connectivity index (χ3v) is 2.75. The second kappa shape index (κ2) is 6.20. The molecule has 0 unspecified atom stereocenters. The molecule has 8 heteroatoms. The maximum atomic E-state index is 12.0. The van der Waals surface area contributed by atoms with E-state index in [0.29, 0.717) is 25.9 Å². The number of nitrogens with zero attached hydrogens (tertiary/aromatic N) is 2. The molecule has 0 radical (unpaired) electrons. The summed E-state index contributed by atoms with van der Waals surface area (Å²) < 4.78 is 0. The molecule has 5 N–H and O–H groups in total. The molecule has 3 amide bonds. The lowest BCUT2D eigenvalue weighted by molar-refractivity contribution is -0.138. The van der Waals surface area contributed by atoms with Gasteiger partial charge in [-0.25, -0.2) is 4.79 Å². The van der Waals surface area contributed by atoms with Gasteiger partial charge in [-0.2, -0.15) is 0 Å². The number of nitrogens with two attached hydrogens (primary N) is 2. The lowest BCUT2D eigenvalue weighted by atomic mass is 10.1. The van der Waals surface area contributed by atoms with Crippen LogP contribution in [-0.4, -0.2) is 65.0 Å². The fourth-order valence-corrected chi connectivity index (χ4v) is 1.83. The van der Waals surface area contributed by atoms with E-state index in [1.54, 1.807) is 0 Å². The zero-order valence-electron chi connectivity index (χ0n) is 10.0. The van der Waals surface area contributed by atoms with Crippen LogP contribution in [0, 0.1) is 0 Å². The third kappa shape index (κ3) is 4.21. The van der Waals surface area contributed by atoms with Gasteiger partial charge in [0.15, 0.2) is 0 Å². The Morgan fingerprint density at radius 3 is 2.22 bits per heavy atom. The van der Waals surface area contributed by atoms with Crippen LogP contribution in [0.4, 0.5) is 4.79 Å². The molecule has 1 heterocycles. The smallest absolute Gasteiger partial charge is 0.323 e. The van der Waals surface area contributed by atoms with E-state index in [1.165, 1.54) is 4.90 Å². The summed E-state index contributed by atoms with van der Waals surface area (Å²) in [7, 11) is 0. The molecular weight excluding hydrogens is 240 g/mol. The number of carbonyl (C=O) groups excluding carboxylic acids is 2. The van der Waals surface area contributed by atoms with Gasteiger partial charge in [-0.05, 0) is 12.8 Å². The molecule has 0 aromatic carbocycles. The monoisotopic (exact) mass is 258 g/mol. The second-order valence-corrected chi connectivity index (χ2v) is 4.32. The molecule has 0 saturated carbocycles. The fourth-order valence-electron chi connectivity index (χ4n) is 1.83. The molecule has 1 saturated heterocycles. The van der Waals surface area contributed by atoms with Gasteiger partial charge in [-0.15, -0.1) is 0 Å². The number of likely N-dealkylation sites (tertiary alicyclic amines) is 1. The third-order valence-electron chi connectivity index (χ3n) is 2.75. The minimum absolute atomic E-state index is 0.0677. The molecule has 0 spiro atoms. The van der Waals surface area contributed by atoms with Crippen molar-refractivity contribution in [3.05, 3.63) is 0 Å². The van der Waals surface area contributed by atoms with Crippen LogP contribution in [0.15, 0.2) is 0 Å². The van der Waals surface area contributed by atoms with Crippen molar-refractivity contribution < 1.29 is 19.5 Å². The van der Waals surface area contributed by atoms with Crippen LogP contribution in [0.2, 0.25) is 0 Å². The summed E-state index contributed by atoms with van der Waals surface area (Å²) in [5.41, 5.74) is 10.7. The lowest BCUT2D eigenvalue weighted by Crippen LogP contribution is -2.52. The van der Waals surface area contributed by atoms with Crippen LogP contribution in [0.3, 0.4) is 0 Å². The summed E-state index contributed by atoms with van der Waals surface area (Å²) in [6.07, 6.45) is 1.34. The summed E-state index contributed by atoms with van der Waals surface area (Å²) in [6.45, 7) is 0.00176. The summed E-state index contributed by atoms with van der Waals surface area (Å²) >= 11 is 0. The van der Waals surface area contributed by atoms with Gasteiger partial charge in [0.2, 0.25) is 5.91 Å². The van der Waals surface area contributed by atoms with Gasteiger partial charge >= 0.3 is 12.0 Å². The van der Waals surface area contributed by atoms with E-state index in [0.717, 1.165) is 4.90 Å². The molecular formula is C10H18N4O4.